The molecule has 1 heterocycles. The zero-order chi connectivity index (χ0) is 15.0. The lowest BCUT2D eigenvalue weighted by Crippen LogP contribution is -2.54. The van der Waals surface area contributed by atoms with Crippen molar-refractivity contribution >= 4 is 11.9 Å². The molecule has 20 heavy (non-hydrogen) atoms. The van der Waals surface area contributed by atoms with Gasteiger partial charge in [-0.3, -0.25) is 10.7 Å². The highest BCUT2D eigenvalue weighted by atomic mass is 19.4. The van der Waals surface area contributed by atoms with Crippen LogP contribution in [0.5, 0.6) is 0 Å². The van der Waals surface area contributed by atoms with Crippen molar-refractivity contribution in [2.24, 2.45) is 5.92 Å². The Morgan fingerprint density at radius 3 is 2.85 bits per heavy atom. The quantitative estimate of drug-likeness (QED) is 0.837. The summed E-state index contributed by atoms with van der Waals surface area (Å²) in [4.78, 5) is 13.2. The third-order valence-corrected chi connectivity index (χ3v) is 4.17. The van der Waals surface area contributed by atoms with Gasteiger partial charge < -0.3 is 9.64 Å². The fourth-order valence-electron chi connectivity index (χ4n) is 3.12. The number of hydrogen-bond acceptors (Lipinski definition) is 3. The van der Waals surface area contributed by atoms with Gasteiger partial charge in [-0.1, -0.05) is 6.42 Å². The molecule has 5 nitrogen and oxygen atoms in total. The maximum atomic E-state index is 13.0. The first kappa shape index (κ1) is 15.1. The molecule has 2 atom stereocenters. The van der Waals surface area contributed by atoms with Gasteiger partial charge in [0.2, 0.25) is 0 Å². The van der Waals surface area contributed by atoms with Crippen LogP contribution in [0.15, 0.2) is 0 Å². The summed E-state index contributed by atoms with van der Waals surface area (Å²) in [5.41, 5.74) is -1.14. The number of amides is 2. The van der Waals surface area contributed by atoms with Gasteiger partial charge in [-0.2, -0.15) is 13.2 Å². The number of methoxy groups -OCH3 is 1. The van der Waals surface area contributed by atoms with Crippen molar-refractivity contribution in [3.8, 4) is 0 Å². The second-order valence-corrected chi connectivity index (χ2v) is 5.32. The number of amidine groups is 1. The standard InChI is InChI=1S/C12H18F3N3O2/c1-20-6-5-18-10(19)17-9(16)11(18)4-2-3-8(7-11)12(13,14)15/h8H,2-7H2,1H3,(H2,16,17,19). The highest BCUT2D eigenvalue weighted by Crippen LogP contribution is 2.45. The Hall–Kier alpha value is -1.31. The van der Waals surface area contributed by atoms with E-state index in [-0.39, 0.29) is 31.8 Å². The number of ether oxygens (including phenoxy) is 1. The average Bonchev–Trinajstić information content (AvgIpc) is 2.58. The van der Waals surface area contributed by atoms with Crippen LogP contribution < -0.4 is 5.32 Å². The molecule has 2 amide bonds. The summed E-state index contributed by atoms with van der Waals surface area (Å²) >= 11 is 0. The minimum atomic E-state index is -4.29. The van der Waals surface area contributed by atoms with Gasteiger partial charge in [0.15, 0.2) is 0 Å². The summed E-state index contributed by atoms with van der Waals surface area (Å²) in [6.07, 6.45) is -3.72. The Morgan fingerprint density at radius 2 is 2.25 bits per heavy atom. The number of nitrogens with zero attached hydrogens (tertiary/aromatic N) is 1. The van der Waals surface area contributed by atoms with Gasteiger partial charge >= 0.3 is 12.2 Å². The van der Waals surface area contributed by atoms with Crippen molar-refractivity contribution in [1.82, 2.24) is 10.2 Å². The molecular weight excluding hydrogens is 275 g/mol. The normalized spacial score (nSPS) is 31.0. The average molecular weight is 293 g/mol. The lowest BCUT2D eigenvalue weighted by Gasteiger charge is -2.43. The number of halogens is 3. The van der Waals surface area contributed by atoms with Crippen molar-refractivity contribution in [3.63, 3.8) is 0 Å². The molecule has 2 rings (SSSR count). The van der Waals surface area contributed by atoms with Crippen LogP contribution in [0.4, 0.5) is 18.0 Å². The van der Waals surface area contributed by atoms with Crippen molar-refractivity contribution in [2.75, 3.05) is 20.3 Å². The smallest absolute Gasteiger partial charge is 0.383 e. The molecule has 1 saturated carbocycles. The number of nitrogens with one attached hydrogen (secondary N) is 2. The van der Waals surface area contributed by atoms with E-state index >= 15 is 0 Å². The van der Waals surface area contributed by atoms with Gasteiger partial charge in [-0.25, -0.2) is 4.79 Å². The summed E-state index contributed by atoms with van der Waals surface area (Å²) in [6.45, 7) is 0.425. The molecule has 1 aliphatic carbocycles. The van der Waals surface area contributed by atoms with E-state index in [1.165, 1.54) is 12.0 Å². The van der Waals surface area contributed by atoms with Crippen molar-refractivity contribution in [2.45, 2.75) is 37.4 Å². The predicted octanol–water partition coefficient (Wildman–Crippen LogP) is 2.13. The number of carbonyl (C=O) groups excluding carboxylic acids is 1. The molecule has 2 N–H and O–H groups in total. The SMILES string of the molecule is COCCN1C(=O)NC(=N)C12CCCC(C(F)(F)F)C2. The van der Waals surface area contributed by atoms with E-state index in [1.54, 1.807) is 0 Å². The number of rotatable bonds is 3. The van der Waals surface area contributed by atoms with Crippen LogP contribution in [0.2, 0.25) is 0 Å². The first-order chi connectivity index (χ1) is 9.31. The summed E-state index contributed by atoms with van der Waals surface area (Å²) < 4.78 is 43.8. The predicted molar refractivity (Wildman–Crippen MR) is 65.6 cm³/mol. The van der Waals surface area contributed by atoms with E-state index in [4.69, 9.17) is 10.1 Å². The maximum Gasteiger partial charge on any atom is 0.391 e. The fraction of sp³-hybridized carbons (Fsp3) is 0.833. The van der Waals surface area contributed by atoms with E-state index in [1.807, 2.05) is 0 Å². The van der Waals surface area contributed by atoms with E-state index < -0.39 is 23.7 Å². The number of carbonyl (C=O) groups is 1. The molecule has 0 aromatic heterocycles. The van der Waals surface area contributed by atoms with Crippen molar-refractivity contribution < 1.29 is 22.7 Å². The molecule has 0 aromatic carbocycles. The summed E-state index contributed by atoms with van der Waals surface area (Å²) in [7, 11) is 1.46. The zero-order valence-corrected chi connectivity index (χ0v) is 11.2. The van der Waals surface area contributed by atoms with Crippen LogP contribution >= 0.6 is 0 Å². The lowest BCUT2D eigenvalue weighted by molar-refractivity contribution is -0.188. The van der Waals surface area contributed by atoms with Crippen LogP contribution in [0.3, 0.4) is 0 Å². The summed E-state index contributed by atoms with van der Waals surface area (Å²) in [6, 6.07) is -0.505. The third-order valence-electron chi connectivity index (χ3n) is 4.17. The van der Waals surface area contributed by atoms with Gasteiger partial charge in [-0.05, 0) is 19.3 Å². The lowest BCUT2D eigenvalue weighted by atomic mass is 9.74. The first-order valence-electron chi connectivity index (χ1n) is 6.54. The summed E-state index contributed by atoms with van der Waals surface area (Å²) in [5, 5.41) is 10.3. The molecule has 2 unspecified atom stereocenters. The highest BCUT2D eigenvalue weighted by Gasteiger charge is 2.56. The molecule has 2 aliphatic rings. The minimum Gasteiger partial charge on any atom is -0.383 e. The molecule has 1 spiro atoms. The second-order valence-electron chi connectivity index (χ2n) is 5.32. The molecule has 0 aromatic rings. The van der Waals surface area contributed by atoms with E-state index in [9.17, 15) is 18.0 Å². The van der Waals surface area contributed by atoms with Gasteiger partial charge in [0.25, 0.3) is 0 Å². The van der Waals surface area contributed by atoms with Gasteiger partial charge in [0, 0.05) is 13.7 Å². The molecule has 1 aliphatic heterocycles. The monoisotopic (exact) mass is 293 g/mol. The second kappa shape index (κ2) is 5.23. The molecule has 1 saturated heterocycles. The highest BCUT2D eigenvalue weighted by molar-refractivity contribution is 6.08. The molecule has 114 valence electrons. The van der Waals surface area contributed by atoms with Crippen LogP contribution in [0.1, 0.15) is 25.7 Å². The molecule has 0 bridgehead atoms. The Bertz CT molecular complexity index is 413. The van der Waals surface area contributed by atoms with E-state index in [0.29, 0.717) is 12.8 Å². The van der Waals surface area contributed by atoms with Crippen LogP contribution in [0, 0.1) is 11.3 Å². The topological polar surface area (TPSA) is 65.4 Å². The third kappa shape index (κ3) is 2.48. The van der Waals surface area contributed by atoms with Crippen LogP contribution in [-0.2, 0) is 4.74 Å². The molecule has 0 radical (unpaired) electrons. The summed E-state index contributed by atoms with van der Waals surface area (Å²) in [5.74, 6) is -1.58. The van der Waals surface area contributed by atoms with Crippen LogP contribution in [0.25, 0.3) is 0 Å². The van der Waals surface area contributed by atoms with E-state index in [0.717, 1.165) is 0 Å². The minimum absolute atomic E-state index is 0.0604. The number of urea groups is 1. The zero-order valence-electron chi connectivity index (χ0n) is 11.2. The first-order valence-corrected chi connectivity index (χ1v) is 6.54. The van der Waals surface area contributed by atoms with Gasteiger partial charge in [-0.15, -0.1) is 0 Å². The van der Waals surface area contributed by atoms with Crippen molar-refractivity contribution in [3.05, 3.63) is 0 Å². The number of hydrogen-bond donors (Lipinski definition) is 2. The Balaban J connectivity index is 2.24. The largest absolute Gasteiger partial charge is 0.391 e. The molecular formula is C12H18F3N3O2. The molecule has 8 heteroatoms. The van der Waals surface area contributed by atoms with E-state index in [2.05, 4.69) is 5.32 Å². The number of alkyl halides is 3. The van der Waals surface area contributed by atoms with Crippen LogP contribution in [-0.4, -0.2) is 48.7 Å². The fourth-order valence-corrected chi connectivity index (χ4v) is 3.12. The molecule has 2 fully saturated rings. The Labute approximate surface area is 115 Å². The van der Waals surface area contributed by atoms with Gasteiger partial charge in [0.05, 0.1) is 12.5 Å². The van der Waals surface area contributed by atoms with Gasteiger partial charge in [0.1, 0.15) is 11.4 Å². The Morgan fingerprint density at radius 1 is 1.55 bits per heavy atom. The maximum absolute atomic E-state index is 13.0. The Kier molecular flexibility index (Phi) is 3.95. The van der Waals surface area contributed by atoms with Crippen molar-refractivity contribution in [1.29, 1.82) is 5.41 Å².